The van der Waals surface area contributed by atoms with Gasteiger partial charge in [0.25, 0.3) is 0 Å². The van der Waals surface area contributed by atoms with Crippen molar-refractivity contribution in [3.05, 3.63) is 0 Å². The van der Waals surface area contributed by atoms with Gasteiger partial charge in [0.15, 0.2) is 6.29 Å². The maximum Gasteiger partial charge on any atom is 0.159 e. The number of rotatable bonds is 2. The van der Waals surface area contributed by atoms with Crippen molar-refractivity contribution in [1.29, 1.82) is 0 Å². The predicted octanol–water partition coefficient (Wildman–Crippen LogP) is 0.997. The van der Waals surface area contributed by atoms with E-state index in [1.807, 2.05) is 0 Å². The van der Waals surface area contributed by atoms with Crippen molar-refractivity contribution < 1.29 is 9.84 Å². The van der Waals surface area contributed by atoms with Gasteiger partial charge < -0.3 is 9.84 Å². The molecule has 54 valence electrons. The standard InChI is InChI=1S/C7H14O2/c1-5(2)3-6-4-9-7(6)8/h5-8H,3-4H2,1-2H3. The van der Waals surface area contributed by atoms with Crippen LogP contribution in [0.3, 0.4) is 0 Å². The van der Waals surface area contributed by atoms with Gasteiger partial charge >= 0.3 is 0 Å². The molecule has 1 aliphatic rings. The summed E-state index contributed by atoms with van der Waals surface area (Å²) in [5, 5.41) is 8.93. The average molecular weight is 130 g/mol. The first-order chi connectivity index (χ1) is 4.20. The molecule has 2 atom stereocenters. The highest BCUT2D eigenvalue weighted by molar-refractivity contribution is 4.70. The van der Waals surface area contributed by atoms with Gasteiger partial charge in [-0.15, -0.1) is 0 Å². The van der Waals surface area contributed by atoms with Crippen LogP contribution in [-0.4, -0.2) is 18.0 Å². The van der Waals surface area contributed by atoms with Crippen LogP contribution in [0, 0.1) is 11.8 Å². The number of aliphatic hydroxyl groups is 1. The van der Waals surface area contributed by atoms with Crippen molar-refractivity contribution in [1.82, 2.24) is 0 Å². The van der Waals surface area contributed by atoms with E-state index in [0.717, 1.165) is 13.0 Å². The number of ether oxygens (including phenoxy) is 1. The summed E-state index contributed by atoms with van der Waals surface area (Å²) in [4.78, 5) is 0. The molecule has 9 heavy (non-hydrogen) atoms. The van der Waals surface area contributed by atoms with E-state index < -0.39 is 6.29 Å². The van der Waals surface area contributed by atoms with E-state index in [0.29, 0.717) is 11.8 Å². The van der Waals surface area contributed by atoms with Gasteiger partial charge in [-0.3, -0.25) is 0 Å². The van der Waals surface area contributed by atoms with Gasteiger partial charge in [-0.05, 0) is 12.3 Å². The minimum Gasteiger partial charge on any atom is -0.368 e. The van der Waals surface area contributed by atoms with Crippen LogP contribution >= 0.6 is 0 Å². The van der Waals surface area contributed by atoms with Gasteiger partial charge in [-0.25, -0.2) is 0 Å². The highest BCUT2D eigenvalue weighted by atomic mass is 16.6. The Morgan fingerprint density at radius 3 is 2.44 bits per heavy atom. The molecule has 1 rings (SSSR count). The Balaban J connectivity index is 2.13. The highest BCUT2D eigenvalue weighted by Crippen LogP contribution is 2.24. The van der Waals surface area contributed by atoms with Crippen LogP contribution in [0.15, 0.2) is 0 Å². The van der Waals surface area contributed by atoms with Crippen LogP contribution in [0.5, 0.6) is 0 Å². The van der Waals surface area contributed by atoms with Crippen LogP contribution in [-0.2, 0) is 4.74 Å². The van der Waals surface area contributed by atoms with Crippen LogP contribution in [0.25, 0.3) is 0 Å². The Bertz CT molecular complexity index is 90.9. The van der Waals surface area contributed by atoms with E-state index in [4.69, 9.17) is 9.84 Å². The van der Waals surface area contributed by atoms with E-state index in [9.17, 15) is 0 Å². The molecule has 2 heteroatoms. The molecule has 1 heterocycles. The second kappa shape index (κ2) is 2.67. The lowest BCUT2D eigenvalue weighted by molar-refractivity contribution is -0.235. The summed E-state index contributed by atoms with van der Waals surface area (Å²) in [5.41, 5.74) is 0. The first-order valence-electron chi connectivity index (χ1n) is 3.50. The van der Waals surface area contributed by atoms with Crippen molar-refractivity contribution in [2.24, 2.45) is 11.8 Å². The summed E-state index contributed by atoms with van der Waals surface area (Å²) in [6, 6.07) is 0. The van der Waals surface area contributed by atoms with Crippen molar-refractivity contribution in [2.45, 2.75) is 26.6 Å². The Morgan fingerprint density at radius 1 is 1.67 bits per heavy atom. The third-order valence-electron chi connectivity index (χ3n) is 1.66. The van der Waals surface area contributed by atoms with Gasteiger partial charge in [0, 0.05) is 5.92 Å². The van der Waals surface area contributed by atoms with Crippen LogP contribution in [0.1, 0.15) is 20.3 Å². The third kappa shape index (κ3) is 1.66. The maximum atomic E-state index is 8.93. The lowest BCUT2D eigenvalue weighted by Crippen LogP contribution is -2.40. The summed E-state index contributed by atoms with van der Waals surface area (Å²) < 4.78 is 4.80. The zero-order valence-electron chi connectivity index (χ0n) is 6.00. The first kappa shape index (κ1) is 7.03. The fourth-order valence-electron chi connectivity index (χ4n) is 1.11. The Labute approximate surface area is 55.8 Å². The van der Waals surface area contributed by atoms with Crippen LogP contribution in [0.4, 0.5) is 0 Å². The van der Waals surface area contributed by atoms with E-state index >= 15 is 0 Å². The molecule has 0 saturated carbocycles. The molecule has 0 amide bonds. The molecule has 0 bridgehead atoms. The van der Waals surface area contributed by atoms with E-state index in [2.05, 4.69) is 13.8 Å². The van der Waals surface area contributed by atoms with Gasteiger partial charge in [0.2, 0.25) is 0 Å². The fraction of sp³-hybridized carbons (Fsp3) is 1.00. The molecule has 0 aliphatic carbocycles. The normalized spacial score (nSPS) is 34.7. The molecule has 2 unspecified atom stereocenters. The fourth-order valence-corrected chi connectivity index (χ4v) is 1.11. The maximum absolute atomic E-state index is 8.93. The van der Waals surface area contributed by atoms with Crippen molar-refractivity contribution >= 4 is 0 Å². The lowest BCUT2D eigenvalue weighted by Gasteiger charge is -2.33. The molecule has 0 spiro atoms. The molecule has 1 N–H and O–H groups in total. The number of hydrogen-bond donors (Lipinski definition) is 1. The summed E-state index contributed by atoms with van der Waals surface area (Å²) in [6.45, 7) is 5.06. The summed E-state index contributed by atoms with van der Waals surface area (Å²) in [7, 11) is 0. The van der Waals surface area contributed by atoms with E-state index in [1.54, 1.807) is 0 Å². The minimum absolute atomic E-state index is 0.407. The van der Waals surface area contributed by atoms with Gasteiger partial charge in [0.05, 0.1) is 6.61 Å². The molecular weight excluding hydrogens is 116 g/mol. The summed E-state index contributed by atoms with van der Waals surface area (Å²) in [6.07, 6.45) is 0.619. The molecule has 0 radical (unpaired) electrons. The van der Waals surface area contributed by atoms with Gasteiger partial charge in [-0.2, -0.15) is 0 Å². The Morgan fingerprint density at radius 2 is 2.33 bits per heavy atom. The number of hydrogen-bond acceptors (Lipinski definition) is 2. The molecule has 2 nitrogen and oxygen atoms in total. The van der Waals surface area contributed by atoms with Gasteiger partial charge in [0.1, 0.15) is 0 Å². The van der Waals surface area contributed by atoms with Crippen LogP contribution < -0.4 is 0 Å². The van der Waals surface area contributed by atoms with Crippen LogP contribution in [0.2, 0.25) is 0 Å². The second-order valence-corrected chi connectivity index (χ2v) is 3.11. The van der Waals surface area contributed by atoms with Gasteiger partial charge in [-0.1, -0.05) is 13.8 Å². The van der Waals surface area contributed by atoms with E-state index in [-0.39, 0.29) is 0 Å². The molecule has 0 aromatic rings. The first-order valence-corrected chi connectivity index (χ1v) is 3.50. The highest BCUT2D eigenvalue weighted by Gasteiger charge is 2.29. The largest absolute Gasteiger partial charge is 0.368 e. The smallest absolute Gasteiger partial charge is 0.159 e. The SMILES string of the molecule is CC(C)CC1COC1O. The summed E-state index contributed by atoms with van der Waals surface area (Å²) >= 11 is 0. The van der Waals surface area contributed by atoms with Crippen molar-refractivity contribution in [3.63, 3.8) is 0 Å². The monoisotopic (exact) mass is 130 g/mol. The molecule has 1 aliphatic heterocycles. The zero-order valence-corrected chi connectivity index (χ0v) is 6.00. The zero-order chi connectivity index (χ0) is 6.85. The Hall–Kier alpha value is -0.0800. The quantitative estimate of drug-likeness (QED) is 0.604. The molecular formula is C7H14O2. The van der Waals surface area contributed by atoms with Crippen molar-refractivity contribution in [3.8, 4) is 0 Å². The van der Waals surface area contributed by atoms with E-state index in [1.165, 1.54) is 0 Å². The average Bonchev–Trinajstić information content (AvgIpc) is 1.79. The molecule has 0 aromatic heterocycles. The second-order valence-electron chi connectivity index (χ2n) is 3.11. The minimum atomic E-state index is -0.465. The molecule has 1 fully saturated rings. The lowest BCUT2D eigenvalue weighted by atomic mass is 9.94. The summed E-state index contributed by atoms with van der Waals surface area (Å²) in [5.74, 6) is 1.08. The molecule has 1 saturated heterocycles. The molecule has 0 aromatic carbocycles. The Kier molecular flexibility index (Phi) is 2.09. The topological polar surface area (TPSA) is 29.5 Å². The van der Waals surface area contributed by atoms with Crippen molar-refractivity contribution in [2.75, 3.05) is 6.61 Å². The third-order valence-corrected chi connectivity index (χ3v) is 1.66. The predicted molar refractivity (Wildman–Crippen MR) is 34.9 cm³/mol. The number of aliphatic hydroxyl groups excluding tert-OH is 1.